The van der Waals surface area contributed by atoms with Crippen molar-refractivity contribution < 1.29 is 4.79 Å². The lowest BCUT2D eigenvalue weighted by molar-refractivity contribution is -0.132. The molecule has 22 heavy (non-hydrogen) atoms. The second-order valence-corrected chi connectivity index (χ2v) is 5.84. The van der Waals surface area contributed by atoms with Crippen molar-refractivity contribution in [3.05, 3.63) is 35.9 Å². The van der Waals surface area contributed by atoms with Gasteiger partial charge < -0.3 is 10.2 Å². The maximum absolute atomic E-state index is 12.3. The van der Waals surface area contributed by atoms with Gasteiger partial charge in [0.15, 0.2) is 0 Å². The van der Waals surface area contributed by atoms with Crippen molar-refractivity contribution in [1.29, 1.82) is 0 Å². The monoisotopic (exact) mass is 303 g/mol. The van der Waals surface area contributed by atoms with Crippen LogP contribution in [0.2, 0.25) is 0 Å². The zero-order chi connectivity index (χ0) is 15.8. The quantitative estimate of drug-likeness (QED) is 0.839. The molecule has 1 fully saturated rings. The van der Waals surface area contributed by atoms with Crippen LogP contribution in [0.15, 0.2) is 30.3 Å². The largest absolute Gasteiger partial charge is 0.340 e. The van der Waals surface area contributed by atoms with E-state index in [1.54, 1.807) is 0 Å². The molecule has 4 heteroatoms. The highest BCUT2D eigenvalue weighted by Gasteiger charge is 2.20. The van der Waals surface area contributed by atoms with Gasteiger partial charge in [-0.15, -0.1) is 0 Å². The second-order valence-electron chi connectivity index (χ2n) is 5.84. The third kappa shape index (κ3) is 4.55. The first kappa shape index (κ1) is 17.0. The van der Waals surface area contributed by atoms with Crippen molar-refractivity contribution >= 4 is 5.91 Å². The Morgan fingerprint density at radius 3 is 2.50 bits per heavy atom. The molecule has 122 valence electrons. The van der Waals surface area contributed by atoms with Crippen LogP contribution in [0.25, 0.3) is 0 Å². The predicted molar refractivity (Wildman–Crippen MR) is 90.8 cm³/mol. The van der Waals surface area contributed by atoms with Gasteiger partial charge in [0.2, 0.25) is 5.91 Å². The molecule has 0 saturated carbocycles. The van der Waals surface area contributed by atoms with E-state index in [-0.39, 0.29) is 0 Å². The summed E-state index contributed by atoms with van der Waals surface area (Å²) in [6, 6.07) is 11.0. The number of nitrogens with zero attached hydrogens (tertiary/aromatic N) is 2. The van der Waals surface area contributed by atoms with E-state index in [4.69, 9.17) is 0 Å². The highest BCUT2D eigenvalue weighted by atomic mass is 16.2. The highest BCUT2D eigenvalue weighted by Crippen LogP contribution is 2.24. The molecule has 1 N–H and O–H groups in total. The Morgan fingerprint density at radius 1 is 1.23 bits per heavy atom. The molecular formula is C18H29N3O. The maximum atomic E-state index is 12.3. The van der Waals surface area contributed by atoms with Gasteiger partial charge in [0.05, 0.1) is 0 Å². The summed E-state index contributed by atoms with van der Waals surface area (Å²) in [5.41, 5.74) is 1.35. The molecule has 1 heterocycles. The van der Waals surface area contributed by atoms with Crippen LogP contribution in [0.3, 0.4) is 0 Å². The average molecular weight is 303 g/mol. The number of piperazine rings is 1. The van der Waals surface area contributed by atoms with Crippen LogP contribution < -0.4 is 5.32 Å². The SMILES string of the molecule is CCC(c1ccccc1)N(CC)CCC(=O)N1CCNCC1. The zero-order valence-electron chi connectivity index (χ0n) is 13.9. The van der Waals surface area contributed by atoms with Crippen LogP contribution >= 0.6 is 0 Å². The lowest BCUT2D eigenvalue weighted by atomic mass is 10.0. The molecule has 0 radical (unpaired) electrons. The second kappa shape index (κ2) is 8.91. The lowest BCUT2D eigenvalue weighted by Crippen LogP contribution is -2.47. The van der Waals surface area contributed by atoms with Crippen molar-refractivity contribution in [2.45, 2.75) is 32.7 Å². The van der Waals surface area contributed by atoms with E-state index in [0.29, 0.717) is 18.4 Å². The van der Waals surface area contributed by atoms with Crippen molar-refractivity contribution in [3.63, 3.8) is 0 Å². The van der Waals surface area contributed by atoms with Gasteiger partial charge in [-0.05, 0) is 18.5 Å². The Hall–Kier alpha value is -1.39. The lowest BCUT2D eigenvalue weighted by Gasteiger charge is -2.32. The fourth-order valence-corrected chi connectivity index (χ4v) is 3.23. The fourth-order valence-electron chi connectivity index (χ4n) is 3.23. The number of hydrogen-bond donors (Lipinski definition) is 1. The van der Waals surface area contributed by atoms with Crippen LogP contribution in [0.1, 0.15) is 38.3 Å². The average Bonchev–Trinajstić information content (AvgIpc) is 2.59. The van der Waals surface area contributed by atoms with E-state index in [1.807, 2.05) is 4.90 Å². The first-order valence-corrected chi connectivity index (χ1v) is 8.53. The van der Waals surface area contributed by atoms with Gasteiger partial charge in [-0.1, -0.05) is 44.2 Å². The molecule has 1 aromatic rings. The Bertz CT molecular complexity index is 443. The summed E-state index contributed by atoms with van der Waals surface area (Å²) < 4.78 is 0. The molecular weight excluding hydrogens is 274 g/mol. The number of amides is 1. The molecule has 1 atom stereocenters. The van der Waals surface area contributed by atoms with E-state index in [1.165, 1.54) is 5.56 Å². The van der Waals surface area contributed by atoms with Crippen molar-refractivity contribution in [2.24, 2.45) is 0 Å². The molecule has 1 amide bonds. The first-order valence-electron chi connectivity index (χ1n) is 8.53. The van der Waals surface area contributed by atoms with Crippen LogP contribution in [-0.2, 0) is 4.79 Å². The molecule has 1 aliphatic heterocycles. The van der Waals surface area contributed by atoms with Gasteiger partial charge in [0, 0.05) is 45.2 Å². The molecule has 0 bridgehead atoms. The minimum absolute atomic E-state index is 0.294. The number of carbonyl (C=O) groups excluding carboxylic acids is 1. The van der Waals surface area contributed by atoms with E-state index in [9.17, 15) is 4.79 Å². The Labute approximate surface area is 134 Å². The summed E-state index contributed by atoms with van der Waals surface area (Å²) >= 11 is 0. The molecule has 1 aromatic carbocycles. The van der Waals surface area contributed by atoms with Crippen LogP contribution in [0, 0.1) is 0 Å². The van der Waals surface area contributed by atoms with Gasteiger partial charge >= 0.3 is 0 Å². The molecule has 2 rings (SSSR count). The number of nitrogens with one attached hydrogen (secondary N) is 1. The van der Waals surface area contributed by atoms with Gasteiger partial charge in [-0.2, -0.15) is 0 Å². The molecule has 1 saturated heterocycles. The standard InChI is InChI=1S/C18H29N3O/c1-3-17(16-8-6-5-7-9-16)20(4-2)13-10-18(22)21-14-11-19-12-15-21/h5-9,17,19H,3-4,10-15H2,1-2H3. The molecule has 0 aliphatic carbocycles. The Balaban J connectivity index is 1.91. The number of carbonyl (C=O) groups is 1. The van der Waals surface area contributed by atoms with E-state index >= 15 is 0 Å². The fraction of sp³-hybridized carbons (Fsp3) is 0.611. The minimum Gasteiger partial charge on any atom is -0.340 e. The van der Waals surface area contributed by atoms with Gasteiger partial charge in [0.1, 0.15) is 0 Å². The Kier molecular flexibility index (Phi) is 6.87. The molecule has 0 spiro atoms. The first-order chi connectivity index (χ1) is 10.8. The summed E-state index contributed by atoms with van der Waals surface area (Å²) in [5, 5.41) is 3.29. The molecule has 0 aromatic heterocycles. The van der Waals surface area contributed by atoms with E-state index < -0.39 is 0 Å². The summed E-state index contributed by atoms with van der Waals surface area (Å²) in [6.45, 7) is 9.76. The predicted octanol–water partition coefficient (Wildman–Crippen LogP) is 2.28. The van der Waals surface area contributed by atoms with E-state index in [2.05, 4.69) is 54.4 Å². The van der Waals surface area contributed by atoms with Crippen LogP contribution in [0.4, 0.5) is 0 Å². The highest BCUT2D eigenvalue weighted by molar-refractivity contribution is 5.76. The number of rotatable bonds is 7. The van der Waals surface area contributed by atoms with Crippen LogP contribution in [-0.4, -0.2) is 55.0 Å². The number of hydrogen-bond acceptors (Lipinski definition) is 3. The third-order valence-electron chi connectivity index (χ3n) is 4.50. The van der Waals surface area contributed by atoms with E-state index in [0.717, 1.165) is 45.7 Å². The minimum atomic E-state index is 0.294. The zero-order valence-corrected chi connectivity index (χ0v) is 13.9. The van der Waals surface area contributed by atoms with Gasteiger partial charge in [-0.3, -0.25) is 9.69 Å². The van der Waals surface area contributed by atoms with Gasteiger partial charge in [0.25, 0.3) is 0 Å². The number of benzene rings is 1. The summed E-state index contributed by atoms with van der Waals surface area (Å²) in [4.78, 5) is 16.8. The van der Waals surface area contributed by atoms with Crippen molar-refractivity contribution in [1.82, 2.24) is 15.1 Å². The molecule has 1 aliphatic rings. The van der Waals surface area contributed by atoms with Crippen LogP contribution in [0.5, 0.6) is 0 Å². The Morgan fingerprint density at radius 2 is 1.91 bits per heavy atom. The van der Waals surface area contributed by atoms with Gasteiger partial charge in [-0.25, -0.2) is 0 Å². The summed E-state index contributed by atoms with van der Waals surface area (Å²) in [5.74, 6) is 0.294. The maximum Gasteiger partial charge on any atom is 0.223 e. The van der Waals surface area contributed by atoms with Crippen molar-refractivity contribution in [2.75, 3.05) is 39.3 Å². The molecule has 4 nitrogen and oxygen atoms in total. The van der Waals surface area contributed by atoms with Crippen molar-refractivity contribution in [3.8, 4) is 0 Å². The smallest absolute Gasteiger partial charge is 0.223 e. The topological polar surface area (TPSA) is 35.6 Å². The normalized spacial score (nSPS) is 16.8. The third-order valence-corrected chi connectivity index (χ3v) is 4.50. The summed E-state index contributed by atoms with van der Waals surface area (Å²) in [6.07, 6.45) is 1.69. The molecule has 1 unspecified atom stereocenters. The summed E-state index contributed by atoms with van der Waals surface area (Å²) in [7, 11) is 0.